The number of hydrogen-bond acceptors (Lipinski definition) is 5. The van der Waals surface area contributed by atoms with Gasteiger partial charge in [-0.3, -0.25) is 4.79 Å². The molecule has 3 rings (SSSR count). The summed E-state index contributed by atoms with van der Waals surface area (Å²) in [4.78, 5) is 16.6. The van der Waals surface area contributed by atoms with Crippen LogP contribution in [0.4, 0.5) is 0 Å². The number of nitrogens with zero attached hydrogens (tertiary/aromatic N) is 2. The molecular formula is C20H20ClN3O3. The van der Waals surface area contributed by atoms with Gasteiger partial charge in [0, 0.05) is 5.56 Å². The second-order valence-corrected chi connectivity index (χ2v) is 6.34. The van der Waals surface area contributed by atoms with Crippen molar-refractivity contribution in [2.45, 2.75) is 32.9 Å². The number of rotatable bonds is 7. The molecule has 0 saturated heterocycles. The number of ether oxygens (including phenoxy) is 1. The van der Waals surface area contributed by atoms with Gasteiger partial charge in [0.15, 0.2) is 6.10 Å². The third kappa shape index (κ3) is 4.65. The molecule has 1 amide bonds. The van der Waals surface area contributed by atoms with Crippen LogP contribution >= 0.6 is 11.6 Å². The summed E-state index contributed by atoms with van der Waals surface area (Å²) in [5.74, 6) is 1.12. The minimum atomic E-state index is -0.649. The van der Waals surface area contributed by atoms with Crippen LogP contribution in [0.3, 0.4) is 0 Å². The maximum absolute atomic E-state index is 12.3. The lowest BCUT2D eigenvalue weighted by Crippen LogP contribution is -2.36. The number of aryl methyl sites for hydroxylation is 1. The van der Waals surface area contributed by atoms with Crippen molar-refractivity contribution in [3.8, 4) is 17.1 Å². The van der Waals surface area contributed by atoms with E-state index < -0.39 is 6.10 Å². The average Bonchev–Trinajstić information content (AvgIpc) is 3.15. The van der Waals surface area contributed by atoms with Crippen molar-refractivity contribution in [2.75, 3.05) is 0 Å². The molecule has 0 spiro atoms. The Labute approximate surface area is 162 Å². The van der Waals surface area contributed by atoms with Crippen LogP contribution in [0.5, 0.6) is 5.75 Å². The molecule has 1 aromatic heterocycles. The molecule has 0 aliphatic heterocycles. The Kier molecular flexibility index (Phi) is 6.08. The zero-order chi connectivity index (χ0) is 19.2. The number of nitrogens with one attached hydrogen (secondary N) is 1. The Bertz CT molecular complexity index is 926. The van der Waals surface area contributed by atoms with E-state index in [4.69, 9.17) is 20.9 Å². The molecule has 1 N–H and O–H groups in total. The van der Waals surface area contributed by atoms with Crippen molar-refractivity contribution in [1.29, 1.82) is 0 Å². The number of aromatic nitrogens is 2. The number of carbonyl (C=O) groups excluding carboxylic acids is 1. The molecule has 3 aromatic rings. The summed E-state index contributed by atoms with van der Waals surface area (Å²) in [6.45, 7) is 3.85. The molecule has 140 valence electrons. The fourth-order valence-electron chi connectivity index (χ4n) is 2.54. The predicted octanol–water partition coefficient (Wildman–Crippen LogP) is 4.04. The number of halogens is 1. The number of amides is 1. The van der Waals surface area contributed by atoms with Crippen molar-refractivity contribution in [1.82, 2.24) is 15.5 Å². The molecule has 0 unspecified atom stereocenters. The van der Waals surface area contributed by atoms with Crippen LogP contribution in [-0.2, 0) is 17.8 Å². The van der Waals surface area contributed by atoms with Gasteiger partial charge in [-0.05, 0) is 37.1 Å². The predicted molar refractivity (Wildman–Crippen MR) is 103 cm³/mol. The molecule has 0 bridgehead atoms. The van der Waals surface area contributed by atoms with Gasteiger partial charge in [-0.1, -0.05) is 54.0 Å². The normalized spacial score (nSPS) is 11.8. The molecular weight excluding hydrogens is 366 g/mol. The Morgan fingerprint density at radius 3 is 2.74 bits per heavy atom. The van der Waals surface area contributed by atoms with Gasteiger partial charge < -0.3 is 14.6 Å². The third-order valence-corrected chi connectivity index (χ3v) is 4.35. The van der Waals surface area contributed by atoms with Gasteiger partial charge in [0.2, 0.25) is 11.7 Å². The fourth-order valence-corrected chi connectivity index (χ4v) is 2.76. The maximum Gasteiger partial charge on any atom is 0.261 e. The van der Waals surface area contributed by atoms with Gasteiger partial charge in [-0.15, -0.1) is 0 Å². The summed E-state index contributed by atoms with van der Waals surface area (Å²) >= 11 is 6.13. The highest BCUT2D eigenvalue weighted by Crippen LogP contribution is 2.24. The van der Waals surface area contributed by atoms with Crippen LogP contribution in [0.1, 0.15) is 25.3 Å². The van der Waals surface area contributed by atoms with Gasteiger partial charge in [-0.25, -0.2) is 0 Å². The Morgan fingerprint density at radius 1 is 1.22 bits per heavy atom. The summed E-state index contributed by atoms with van der Waals surface area (Å²) in [5, 5.41) is 7.18. The Hall–Kier alpha value is -2.86. The van der Waals surface area contributed by atoms with Crippen LogP contribution in [0.25, 0.3) is 11.4 Å². The number of benzene rings is 2. The quantitative estimate of drug-likeness (QED) is 0.664. The highest BCUT2D eigenvalue weighted by molar-refractivity contribution is 6.33. The van der Waals surface area contributed by atoms with E-state index in [0.29, 0.717) is 28.1 Å². The van der Waals surface area contributed by atoms with Gasteiger partial charge in [0.25, 0.3) is 5.91 Å². The van der Waals surface area contributed by atoms with Crippen molar-refractivity contribution in [3.05, 3.63) is 65.0 Å². The highest BCUT2D eigenvalue weighted by Gasteiger charge is 2.17. The first-order chi connectivity index (χ1) is 13.1. The van der Waals surface area contributed by atoms with E-state index in [-0.39, 0.29) is 12.5 Å². The molecule has 0 aliphatic rings. The Balaban J connectivity index is 1.58. The monoisotopic (exact) mass is 385 g/mol. The lowest BCUT2D eigenvalue weighted by atomic mass is 10.1. The molecule has 1 atom stereocenters. The topological polar surface area (TPSA) is 77.2 Å². The molecule has 7 heteroatoms. The number of hydrogen-bond donors (Lipinski definition) is 1. The number of carbonyl (C=O) groups is 1. The second kappa shape index (κ2) is 8.68. The zero-order valence-electron chi connectivity index (χ0n) is 15.1. The van der Waals surface area contributed by atoms with E-state index in [9.17, 15) is 4.79 Å². The molecule has 6 nitrogen and oxygen atoms in total. The smallest absolute Gasteiger partial charge is 0.261 e. The van der Waals surface area contributed by atoms with Crippen molar-refractivity contribution < 1.29 is 14.1 Å². The van der Waals surface area contributed by atoms with Crippen LogP contribution < -0.4 is 10.1 Å². The summed E-state index contributed by atoms with van der Waals surface area (Å²) in [6.07, 6.45) is 0.181. The van der Waals surface area contributed by atoms with E-state index in [2.05, 4.69) is 15.5 Å². The van der Waals surface area contributed by atoms with Crippen LogP contribution in [0.2, 0.25) is 5.02 Å². The summed E-state index contributed by atoms with van der Waals surface area (Å²) in [6, 6.07) is 14.9. The van der Waals surface area contributed by atoms with Gasteiger partial charge >= 0.3 is 0 Å². The van der Waals surface area contributed by atoms with E-state index in [1.807, 2.05) is 43.3 Å². The Morgan fingerprint density at radius 2 is 1.96 bits per heavy atom. The number of para-hydroxylation sites is 1. The highest BCUT2D eigenvalue weighted by atomic mass is 35.5. The van der Waals surface area contributed by atoms with Crippen molar-refractivity contribution >= 4 is 17.5 Å². The molecule has 0 aliphatic carbocycles. The largest absolute Gasteiger partial charge is 0.481 e. The van der Waals surface area contributed by atoms with Crippen LogP contribution in [0.15, 0.2) is 53.1 Å². The van der Waals surface area contributed by atoms with E-state index in [1.54, 1.807) is 19.1 Å². The first kappa shape index (κ1) is 18.9. The fraction of sp³-hybridized carbons (Fsp3) is 0.250. The molecule has 2 aromatic carbocycles. The molecule has 0 radical (unpaired) electrons. The lowest BCUT2D eigenvalue weighted by Gasteiger charge is -2.16. The molecule has 0 saturated carbocycles. The van der Waals surface area contributed by atoms with E-state index >= 15 is 0 Å². The van der Waals surface area contributed by atoms with Gasteiger partial charge in [0.05, 0.1) is 11.6 Å². The van der Waals surface area contributed by atoms with E-state index in [0.717, 1.165) is 12.0 Å². The maximum atomic E-state index is 12.3. The summed E-state index contributed by atoms with van der Waals surface area (Å²) in [5.41, 5.74) is 1.73. The van der Waals surface area contributed by atoms with Crippen molar-refractivity contribution in [3.63, 3.8) is 0 Å². The summed E-state index contributed by atoms with van der Waals surface area (Å²) in [7, 11) is 0. The standard InChI is InChI=1S/C20H20ClN3O3/c1-3-14-8-4-7-11-17(14)26-13(2)20(25)22-12-18-23-19(24-27-18)15-9-5-6-10-16(15)21/h4-11,13H,3,12H2,1-2H3,(H,22,25)/t13-/m0/s1. The lowest BCUT2D eigenvalue weighted by molar-refractivity contribution is -0.127. The first-order valence-electron chi connectivity index (χ1n) is 8.68. The SMILES string of the molecule is CCc1ccccc1O[C@@H](C)C(=O)NCc1nc(-c2ccccc2Cl)no1. The molecule has 27 heavy (non-hydrogen) atoms. The minimum absolute atomic E-state index is 0.111. The molecule has 0 fully saturated rings. The third-order valence-electron chi connectivity index (χ3n) is 4.02. The van der Waals surface area contributed by atoms with Crippen LogP contribution in [-0.4, -0.2) is 22.2 Å². The molecule has 1 heterocycles. The summed E-state index contributed by atoms with van der Waals surface area (Å²) < 4.78 is 11.0. The second-order valence-electron chi connectivity index (χ2n) is 5.93. The van der Waals surface area contributed by atoms with Gasteiger partial charge in [-0.2, -0.15) is 4.98 Å². The zero-order valence-corrected chi connectivity index (χ0v) is 15.9. The minimum Gasteiger partial charge on any atom is -0.481 e. The van der Waals surface area contributed by atoms with Crippen molar-refractivity contribution in [2.24, 2.45) is 0 Å². The average molecular weight is 386 g/mol. The van der Waals surface area contributed by atoms with E-state index in [1.165, 1.54) is 0 Å². The van der Waals surface area contributed by atoms with Crippen LogP contribution in [0, 0.1) is 0 Å². The van der Waals surface area contributed by atoms with Gasteiger partial charge in [0.1, 0.15) is 5.75 Å². The first-order valence-corrected chi connectivity index (χ1v) is 9.06.